The fraction of sp³-hybridized carbons (Fsp3) is 1.00. The maximum atomic E-state index is 9.18. The smallest absolute Gasteiger partial charge is 0.0896 e. The summed E-state index contributed by atoms with van der Waals surface area (Å²) in [5, 5.41) is 26.2. The predicted octanol–water partition coefficient (Wildman–Crippen LogP) is -0.642. The molecule has 9 heavy (non-hydrogen) atoms. The van der Waals surface area contributed by atoms with Crippen LogP contribution in [0.15, 0.2) is 0 Å². The minimum atomic E-state index is -1.14. The zero-order valence-electron chi connectivity index (χ0n) is 5.83. The van der Waals surface area contributed by atoms with Crippen molar-refractivity contribution >= 4 is 0 Å². The Bertz CT molecular complexity index is 80.4. The van der Waals surface area contributed by atoms with E-state index in [1.807, 2.05) is 0 Å². The van der Waals surface area contributed by atoms with Crippen molar-refractivity contribution in [2.75, 3.05) is 13.2 Å². The van der Waals surface area contributed by atoms with Crippen LogP contribution < -0.4 is 0 Å². The second-order valence-corrected chi connectivity index (χ2v) is 2.60. The SMILES string of the molecule is CC(CO)C(C)(O)CO. The molecule has 0 aromatic rings. The van der Waals surface area contributed by atoms with Gasteiger partial charge in [-0.2, -0.15) is 0 Å². The van der Waals surface area contributed by atoms with Crippen molar-refractivity contribution in [1.29, 1.82) is 0 Å². The minimum absolute atomic E-state index is 0.104. The predicted molar refractivity (Wildman–Crippen MR) is 34.0 cm³/mol. The lowest BCUT2D eigenvalue weighted by Gasteiger charge is -2.26. The first-order chi connectivity index (χ1) is 4.04. The molecule has 0 aromatic carbocycles. The Hall–Kier alpha value is -0.120. The molecule has 0 fully saturated rings. The summed E-state index contributed by atoms with van der Waals surface area (Å²) in [7, 11) is 0. The summed E-state index contributed by atoms with van der Waals surface area (Å²) in [5.74, 6) is -0.275. The monoisotopic (exact) mass is 134 g/mol. The first-order valence-electron chi connectivity index (χ1n) is 2.98. The zero-order chi connectivity index (χ0) is 7.49. The molecule has 3 nitrogen and oxygen atoms in total. The second-order valence-electron chi connectivity index (χ2n) is 2.60. The van der Waals surface area contributed by atoms with Crippen LogP contribution in [-0.2, 0) is 0 Å². The van der Waals surface area contributed by atoms with Crippen molar-refractivity contribution in [3.05, 3.63) is 0 Å². The third-order valence-corrected chi connectivity index (χ3v) is 1.66. The first kappa shape index (κ1) is 8.88. The van der Waals surface area contributed by atoms with Gasteiger partial charge in [-0.3, -0.25) is 0 Å². The molecular weight excluding hydrogens is 120 g/mol. The highest BCUT2D eigenvalue weighted by atomic mass is 16.3. The highest BCUT2D eigenvalue weighted by Gasteiger charge is 2.26. The molecule has 2 atom stereocenters. The molecule has 3 N–H and O–H groups in total. The van der Waals surface area contributed by atoms with Gasteiger partial charge < -0.3 is 15.3 Å². The van der Waals surface area contributed by atoms with Gasteiger partial charge in [-0.25, -0.2) is 0 Å². The van der Waals surface area contributed by atoms with E-state index in [2.05, 4.69) is 0 Å². The largest absolute Gasteiger partial charge is 0.396 e. The van der Waals surface area contributed by atoms with Crippen LogP contribution in [0.1, 0.15) is 13.8 Å². The molecule has 0 amide bonds. The molecule has 0 aliphatic rings. The van der Waals surface area contributed by atoms with Gasteiger partial charge in [-0.1, -0.05) is 6.92 Å². The molecule has 0 saturated carbocycles. The van der Waals surface area contributed by atoms with Crippen molar-refractivity contribution in [2.24, 2.45) is 5.92 Å². The summed E-state index contributed by atoms with van der Waals surface area (Å²) in [6.45, 7) is 2.76. The minimum Gasteiger partial charge on any atom is -0.396 e. The Kier molecular flexibility index (Phi) is 3.11. The lowest BCUT2D eigenvalue weighted by molar-refractivity contribution is -0.0561. The van der Waals surface area contributed by atoms with E-state index in [0.717, 1.165) is 0 Å². The Labute approximate surface area is 54.9 Å². The van der Waals surface area contributed by atoms with Crippen molar-refractivity contribution in [2.45, 2.75) is 19.4 Å². The van der Waals surface area contributed by atoms with Crippen molar-refractivity contribution in [1.82, 2.24) is 0 Å². The van der Waals surface area contributed by atoms with Gasteiger partial charge in [0, 0.05) is 12.5 Å². The lowest BCUT2D eigenvalue weighted by atomic mass is 9.93. The summed E-state index contributed by atoms with van der Waals surface area (Å²) in [5.41, 5.74) is -1.14. The number of aliphatic hydroxyl groups excluding tert-OH is 2. The average molecular weight is 134 g/mol. The van der Waals surface area contributed by atoms with Gasteiger partial charge in [-0.05, 0) is 6.92 Å². The van der Waals surface area contributed by atoms with Crippen LogP contribution >= 0.6 is 0 Å². The van der Waals surface area contributed by atoms with Crippen LogP contribution in [0.4, 0.5) is 0 Å². The van der Waals surface area contributed by atoms with E-state index >= 15 is 0 Å². The maximum absolute atomic E-state index is 9.18. The van der Waals surface area contributed by atoms with Crippen LogP contribution in [0, 0.1) is 5.92 Å². The number of rotatable bonds is 3. The Morgan fingerprint density at radius 2 is 1.89 bits per heavy atom. The zero-order valence-corrected chi connectivity index (χ0v) is 5.83. The van der Waals surface area contributed by atoms with Gasteiger partial charge in [-0.15, -0.1) is 0 Å². The molecule has 0 aliphatic heterocycles. The Morgan fingerprint density at radius 3 is 2.00 bits per heavy atom. The van der Waals surface area contributed by atoms with Crippen molar-refractivity contribution in [3.8, 4) is 0 Å². The molecule has 0 aliphatic carbocycles. The lowest BCUT2D eigenvalue weighted by Crippen LogP contribution is -2.38. The van der Waals surface area contributed by atoms with E-state index in [1.165, 1.54) is 6.92 Å². The average Bonchev–Trinajstić information content (AvgIpc) is 1.86. The fourth-order valence-corrected chi connectivity index (χ4v) is 0.352. The molecule has 0 bridgehead atoms. The van der Waals surface area contributed by atoms with E-state index in [-0.39, 0.29) is 19.1 Å². The molecule has 0 spiro atoms. The summed E-state index contributed by atoms with van der Waals surface area (Å²) < 4.78 is 0. The van der Waals surface area contributed by atoms with Crippen molar-refractivity contribution < 1.29 is 15.3 Å². The van der Waals surface area contributed by atoms with Crippen molar-refractivity contribution in [3.63, 3.8) is 0 Å². The quantitative estimate of drug-likeness (QED) is 0.481. The summed E-state index contributed by atoms with van der Waals surface area (Å²) >= 11 is 0. The standard InChI is InChI=1S/C6H14O3/c1-5(3-7)6(2,9)4-8/h5,7-9H,3-4H2,1-2H3. The molecule has 56 valence electrons. The van der Waals surface area contributed by atoms with E-state index in [9.17, 15) is 5.11 Å². The van der Waals surface area contributed by atoms with Gasteiger partial charge in [0.2, 0.25) is 0 Å². The normalized spacial score (nSPS) is 21.0. The van der Waals surface area contributed by atoms with E-state index in [0.29, 0.717) is 0 Å². The van der Waals surface area contributed by atoms with E-state index < -0.39 is 5.60 Å². The van der Waals surface area contributed by atoms with E-state index in [1.54, 1.807) is 6.92 Å². The number of hydrogen-bond acceptors (Lipinski definition) is 3. The molecule has 0 radical (unpaired) electrons. The van der Waals surface area contributed by atoms with E-state index in [4.69, 9.17) is 10.2 Å². The van der Waals surface area contributed by atoms with Gasteiger partial charge in [0.25, 0.3) is 0 Å². The molecular formula is C6H14O3. The Morgan fingerprint density at radius 1 is 1.44 bits per heavy atom. The van der Waals surface area contributed by atoms with Crippen LogP contribution in [-0.4, -0.2) is 34.1 Å². The van der Waals surface area contributed by atoms with Gasteiger partial charge in [0.1, 0.15) is 0 Å². The summed E-state index contributed by atoms with van der Waals surface area (Å²) in [6.07, 6.45) is 0. The van der Waals surface area contributed by atoms with Crippen LogP contribution in [0.5, 0.6) is 0 Å². The molecule has 0 aromatic heterocycles. The van der Waals surface area contributed by atoms with Gasteiger partial charge in [0.05, 0.1) is 12.2 Å². The summed E-state index contributed by atoms with van der Waals surface area (Å²) in [6, 6.07) is 0. The maximum Gasteiger partial charge on any atom is 0.0896 e. The molecule has 2 unspecified atom stereocenters. The number of aliphatic hydroxyl groups is 3. The Balaban J connectivity index is 3.80. The van der Waals surface area contributed by atoms with Crippen LogP contribution in [0.3, 0.4) is 0 Å². The molecule has 0 rings (SSSR count). The first-order valence-corrected chi connectivity index (χ1v) is 2.98. The molecule has 0 saturated heterocycles. The fourth-order valence-electron chi connectivity index (χ4n) is 0.352. The third-order valence-electron chi connectivity index (χ3n) is 1.66. The van der Waals surface area contributed by atoms with Gasteiger partial charge >= 0.3 is 0 Å². The summed E-state index contributed by atoms with van der Waals surface area (Å²) in [4.78, 5) is 0. The highest BCUT2D eigenvalue weighted by Crippen LogP contribution is 2.14. The van der Waals surface area contributed by atoms with Gasteiger partial charge in [0.15, 0.2) is 0 Å². The molecule has 3 heteroatoms. The third kappa shape index (κ3) is 2.30. The topological polar surface area (TPSA) is 60.7 Å². The van der Waals surface area contributed by atoms with Crippen LogP contribution in [0.25, 0.3) is 0 Å². The second kappa shape index (κ2) is 3.15. The van der Waals surface area contributed by atoms with Crippen LogP contribution in [0.2, 0.25) is 0 Å². The number of hydrogen-bond donors (Lipinski definition) is 3. The highest BCUT2D eigenvalue weighted by molar-refractivity contribution is 4.76. The molecule has 0 heterocycles.